The normalized spacial score (nSPS) is 10.9. The highest BCUT2D eigenvalue weighted by molar-refractivity contribution is 7.64. The van der Waals surface area contributed by atoms with Crippen LogP contribution in [0.3, 0.4) is 0 Å². The lowest BCUT2D eigenvalue weighted by Gasteiger charge is -2.18. The van der Waals surface area contributed by atoms with Crippen LogP contribution in [-0.4, -0.2) is 13.3 Å². The number of rotatable bonds is 5. The topological polar surface area (TPSA) is 0 Å². The van der Waals surface area contributed by atoms with E-state index in [2.05, 4.69) is 92.2 Å². The summed E-state index contributed by atoms with van der Waals surface area (Å²) in [5.41, 5.74) is 5.77. The fourth-order valence-electron chi connectivity index (χ4n) is 3.03. The minimum absolute atomic E-state index is 0.103. The zero-order chi connectivity index (χ0) is 16.1. The van der Waals surface area contributed by atoms with E-state index in [0.717, 1.165) is 12.8 Å². The van der Waals surface area contributed by atoms with E-state index in [1.165, 1.54) is 27.6 Å². The van der Waals surface area contributed by atoms with Crippen LogP contribution in [0.4, 0.5) is 0 Å². The van der Waals surface area contributed by atoms with E-state index in [4.69, 9.17) is 0 Å². The number of hydrogen-bond donors (Lipinski definition) is 0. The molecule has 3 aromatic rings. The minimum Gasteiger partial charge on any atom is -0.0814 e. The van der Waals surface area contributed by atoms with Crippen molar-refractivity contribution in [1.29, 1.82) is 0 Å². The Morgan fingerprint density at radius 1 is 0.609 bits per heavy atom. The quantitative estimate of drug-likeness (QED) is 0.565. The van der Waals surface area contributed by atoms with Crippen molar-refractivity contribution < 1.29 is 0 Å². The zero-order valence-corrected chi connectivity index (χ0v) is 14.8. The largest absolute Gasteiger partial charge is 0.0814 e. The maximum atomic E-state index is 2.35. The van der Waals surface area contributed by atoms with Crippen LogP contribution in [0, 0.1) is 0 Å². The number of hydrogen-bond acceptors (Lipinski definition) is 0. The van der Waals surface area contributed by atoms with E-state index in [-0.39, 0.29) is 7.92 Å². The molecule has 23 heavy (non-hydrogen) atoms. The smallest absolute Gasteiger partial charge is 0.00166 e. The van der Waals surface area contributed by atoms with Crippen LogP contribution in [0.15, 0.2) is 78.9 Å². The molecule has 0 N–H and O–H groups in total. The maximum Gasteiger partial charge on any atom is -0.00166 e. The molecule has 0 unspecified atom stereocenters. The highest BCUT2D eigenvalue weighted by atomic mass is 31.1. The molecule has 0 aliphatic heterocycles. The van der Waals surface area contributed by atoms with Crippen LogP contribution >= 0.6 is 7.92 Å². The predicted molar refractivity (Wildman–Crippen MR) is 103 cm³/mol. The Kier molecular flexibility index (Phi) is 5.26. The molecule has 0 amide bonds. The summed E-state index contributed by atoms with van der Waals surface area (Å²) in [6.07, 6.45) is 2.04. The standard InChI is InChI=1S/C22H23P/c1-23(2)22-15-9-14-20(16-18-10-5-3-6-11-18)21(22)17-19-12-7-4-8-13-19/h3-15H,16-17H2,1-2H3. The molecule has 3 rings (SSSR count). The second-order valence-corrected chi connectivity index (χ2v) is 8.40. The van der Waals surface area contributed by atoms with Gasteiger partial charge in [-0.2, -0.15) is 0 Å². The Labute approximate surface area is 141 Å². The van der Waals surface area contributed by atoms with Gasteiger partial charge in [0.25, 0.3) is 0 Å². The first-order valence-corrected chi connectivity index (χ1v) is 10.3. The van der Waals surface area contributed by atoms with Gasteiger partial charge in [0.05, 0.1) is 0 Å². The summed E-state index contributed by atoms with van der Waals surface area (Å²) < 4.78 is 0. The Balaban J connectivity index is 1.99. The van der Waals surface area contributed by atoms with Gasteiger partial charge in [-0.25, -0.2) is 0 Å². The van der Waals surface area contributed by atoms with Crippen molar-refractivity contribution in [3.63, 3.8) is 0 Å². The van der Waals surface area contributed by atoms with E-state index in [9.17, 15) is 0 Å². The van der Waals surface area contributed by atoms with Crippen molar-refractivity contribution in [3.8, 4) is 0 Å². The van der Waals surface area contributed by atoms with Gasteiger partial charge in [0.2, 0.25) is 0 Å². The van der Waals surface area contributed by atoms with Crippen molar-refractivity contribution in [2.75, 3.05) is 13.3 Å². The van der Waals surface area contributed by atoms with Crippen molar-refractivity contribution in [2.24, 2.45) is 0 Å². The Morgan fingerprint density at radius 3 is 1.74 bits per heavy atom. The molecule has 0 spiro atoms. The summed E-state index contributed by atoms with van der Waals surface area (Å²) in [6, 6.07) is 28.5. The highest BCUT2D eigenvalue weighted by Gasteiger charge is 2.12. The summed E-state index contributed by atoms with van der Waals surface area (Å²) in [7, 11) is -0.103. The van der Waals surface area contributed by atoms with E-state index in [0.29, 0.717) is 0 Å². The maximum absolute atomic E-state index is 2.35. The molecule has 0 heterocycles. The molecule has 0 aliphatic rings. The van der Waals surface area contributed by atoms with Gasteiger partial charge in [0.15, 0.2) is 0 Å². The summed E-state index contributed by atoms with van der Waals surface area (Å²) in [5.74, 6) is 0. The Hall–Kier alpha value is -1.91. The van der Waals surface area contributed by atoms with Gasteiger partial charge in [0.1, 0.15) is 0 Å². The first-order valence-electron chi connectivity index (χ1n) is 8.10. The van der Waals surface area contributed by atoms with E-state index in [1.54, 1.807) is 0 Å². The van der Waals surface area contributed by atoms with E-state index >= 15 is 0 Å². The molecule has 0 fully saturated rings. The van der Waals surface area contributed by atoms with Gasteiger partial charge in [-0.1, -0.05) is 86.8 Å². The lowest BCUT2D eigenvalue weighted by atomic mass is 9.95. The van der Waals surface area contributed by atoms with Gasteiger partial charge in [-0.05, 0) is 53.7 Å². The third-order valence-corrected chi connectivity index (χ3v) is 5.57. The lowest BCUT2D eigenvalue weighted by Crippen LogP contribution is -2.12. The van der Waals surface area contributed by atoms with E-state index < -0.39 is 0 Å². The first kappa shape index (κ1) is 16.0. The summed E-state index contributed by atoms with van der Waals surface area (Å²) in [4.78, 5) is 0. The lowest BCUT2D eigenvalue weighted by molar-refractivity contribution is 1.10. The van der Waals surface area contributed by atoms with Gasteiger partial charge in [0, 0.05) is 0 Å². The van der Waals surface area contributed by atoms with Gasteiger partial charge < -0.3 is 0 Å². The summed E-state index contributed by atoms with van der Waals surface area (Å²) in [5, 5.41) is 1.54. The van der Waals surface area contributed by atoms with E-state index in [1.807, 2.05) is 0 Å². The molecule has 0 saturated carbocycles. The molecule has 0 radical (unpaired) electrons. The Bertz CT molecular complexity index is 745. The van der Waals surface area contributed by atoms with Gasteiger partial charge in [-0.15, -0.1) is 0 Å². The highest BCUT2D eigenvalue weighted by Crippen LogP contribution is 2.29. The second-order valence-electron chi connectivity index (χ2n) is 6.13. The molecule has 116 valence electrons. The van der Waals surface area contributed by atoms with Crippen molar-refractivity contribution in [1.82, 2.24) is 0 Å². The fourth-order valence-corrected chi connectivity index (χ4v) is 4.17. The monoisotopic (exact) mass is 318 g/mol. The molecule has 0 bridgehead atoms. The summed E-state index contributed by atoms with van der Waals surface area (Å²) in [6.45, 7) is 4.71. The molecule has 1 heteroatoms. The van der Waals surface area contributed by atoms with Crippen LogP contribution in [0.5, 0.6) is 0 Å². The molecular formula is C22H23P. The van der Waals surface area contributed by atoms with Crippen molar-refractivity contribution in [3.05, 3.63) is 101 Å². The SMILES string of the molecule is CP(C)c1cccc(Cc2ccccc2)c1Cc1ccccc1. The average molecular weight is 318 g/mol. The molecule has 0 atom stereocenters. The molecule has 0 aromatic heterocycles. The Morgan fingerprint density at radius 2 is 1.17 bits per heavy atom. The fraction of sp³-hybridized carbons (Fsp3) is 0.182. The first-order chi connectivity index (χ1) is 11.2. The number of benzene rings is 3. The molecule has 3 aromatic carbocycles. The van der Waals surface area contributed by atoms with Gasteiger partial charge in [-0.3, -0.25) is 0 Å². The third-order valence-electron chi connectivity index (χ3n) is 4.19. The third kappa shape index (κ3) is 4.09. The van der Waals surface area contributed by atoms with Crippen LogP contribution in [0.1, 0.15) is 22.3 Å². The summed E-state index contributed by atoms with van der Waals surface area (Å²) >= 11 is 0. The van der Waals surface area contributed by atoms with Crippen molar-refractivity contribution in [2.45, 2.75) is 12.8 Å². The molecule has 0 aliphatic carbocycles. The van der Waals surface area contributed by atoms with Crippen LogP contribution in [0.25, 0.3) is 0 Å². The van der Waals surface area contributed by atoms with Crippen LogP contribution in [0.2, 0.25) is 0 Å². The molecular weight excluding hydrogens is 295 g/mol. The van der Waals surface area contributed by atoms with Crippen molar-refractivity contribution >= 4 is 13.2 Å². The molecule has 0 saturated heterocycles. The van der Waals surface area contributed by atoms with Crippen LogP contribution in [-0.2, 0) is 12.8 Å². The zero-order valence-electron chi connectivity index (χ0n) is 13.9. The predicted octanol–water partition coefficient (Wildman–Crippen LogP) is 5.24. The average Bonchev–Trinajstić information content (AvgIpc) is 2.58. The second kappa shape index (κ2) is 7.57. The minimum atomic E-state index is -0.103. The van der Waals surface area contributed by atoms with Crippen LogP contribution < -0.4 is 5.30 Å². The van der Waals surface area contributed by atoms with Gasteiger partial charge >= 0.3 is 0 Å². The molecule has 0 nitrogen and oxygen atoms in total.